The lowest BCUT2D eigenvalue weighted by atomic mass is 10.4. The van der Waals surface area contributed by atoms with E-state index >= 15 is 0 Å². The predicted octanol–water partition coefficient (Wildman–Crippen LogP) is 2.00. The number of imidazole rings is 1. The van der Waals surface area contributed by atoms with Crippen LogP contribution in [-0.2, 0) is 14.1 Å². The Labute approximate surface area is 88.2 Å². The maximum atomic E-state index is 2.12. The SMILES string of the molecule is Cn1c[n+](C)cc1Sc1ccccc1. The van der Waals surface area contributed by atoms with E-state index in [2.05, 4.69) is 53.0 Å². The number of aromatic nitrogens is 2. The van der Waals surface area contributed by atoms with Gasteiger partial charge in [-0.3, -0.25) is 0 Å². The summed E-state index contributed by atoms with van der Waals surface area (Å²) in [6, 6.07) is 10.4. The summed E-state index contributed by atoms with van der Waals surface area (Å²) in [5.41, 5.74) is 0. The molecule has 2 aromatic rings. The summed E-state index contributed by atoms with van der Waals surface area (Å²) < 4.78 is 4.18. The van der Waals surface area contributed by atoms with Gasteiger partial charge in [-0.15, -0.1) is 0 Å². The average molecular weight is 205 g/mol. The van der Waals surface area contributed by atoms with Crippen LogP contribution in [0.25, 0.3) is 0 Å². The molecular formula is C11H13N2S+. The Morgan fingerprint density at radius 2 is 1.93 bits per heavy atom. The quantitative estimate of drug-likeness (QED) is 0.681. The largest absolute Gasteiger partial charge is 0.244 e. The highest BCUT2D eigenvalue weighted by Gasteiger charge is 2.08. The molecule has 1 heterocycles. The lowest BCUT2D eigenvalue weighted by Crippen LogP contribution is -2.23. The highest BCUT2D eigenvalue weighted by atomic mass is 32.2. The second-order valence-electron chi connectivity index (χ2n) is 3.27. The van der Waals surface area contributed by atoms with Crippen molar-refractivity contribution in [2.45, 2.75) is 9.92 Å². The number of aryl methyl sites for hydroxylation is 2. The molecule has 0 radical (unpaired) electrons. The van der Waals surface area contributed by atoms with Gasteiger partial charge in [-0.1, -0.05) is 18.2 Å². The summed E-state index contributed by atoms with van der Waals surface area (Å²) in [6.07, 6.45) is 4.18. The number of rotatable bonds is 2. The van der Waals surface area contributed by atoms with E-state index in [0.717, 1.165) is 0 Å². The Morgan fingerprint density at radius 1 is 1.21 bits per heavy atom. The number of hydrogen-bond acceptors (Lipinski definition) is 1. The molecule has 72 valence electrons. The van der Waals surface area contributed by atoms with Crippen molar-refractivity contribution in [3.05, 3.63) is 42.9 Å². The van der Waals surface area contributed by atoms with Gasteiger partial charge in [0, 0.05) is 4.90 Å². The third kappa shape index (κ3) is 1.99. The van der Waals surface area contributed by atoms with Crippen molar-refractivity contribution in [1.82, 2.24) is 4.57 Å². The van der Waals surface area contributed by atoms with E-state index in [-0.39, 0.29) is 0 Å². The Hall–Kier alpha value is -1.22. The summed E-state index contributed by atoms with van der Waals surface area (Å²) >= 11 is 1.78. The zero-order valence-corrected chi connectivity index (χ0v) is 9.16. The van der Waals surface area contributed by atoms with Crippen molar-refractivity contribution in [1.29, 1.82) is 0 Å². The van der Waals surface area contributed by atoms with Crippen LogP contribution >= 0.6 is 11.8 Å². The molecule has 1 aromatic heterocycles. The van der Waals surface area contributed by atoms with Crippen LogP contribution in [0.4, 0.5) is 0 Å². The summed E-state index contributed by atoms with van der Waals surface area (Å²) in [4.78, 5) is 1.27. The van der Waals surface area contributed by atoms with Crippen LogP contribution in [0, 0.1) is 0 Å². The molecule has 0 bridgehead atoms. The van der Waals surface area contributed by atoms with Gasteiger partial charge in [-0.05, 0) is 23.9 Å². The van der Waals surface area contributed by atoms with Crippen LogP contribution in [0.3, 0.4) is 0 Å². The fourth-order valence-electron chi connectivity index (χ4n) is 1.34. The molecule has 2 nitrogen and oxygen atoms in total. The highest BCUT2D eigenvalue weighted by Crippen LogP contribution is 2.25. The molecule has 0 spiro atoms. The van der Waals surface area contributed by atoms with Crippen LogP contribution in [0.2, 0.25) is 0 Å². The summed E-state index contributed by atoms with van der Waals surface area (Å²) in [5.74, 6) is 0. The van der Waals surface area contributed by atoms with Crippen LogP contribution in [-0.4, -0.2) is 4.57 Å². The van der Waals surface area contributed by atoms with Gasteiger partial charge in [-0.25, -0.2) is 9.13 Å². The van der Waals surface area contributed by atoms with Crippen LogP contribution < -0.4 is 4.57 Å². The second-order valence-corrected chi connectivity index (χ2v) is 4.37. The van der Waals surface area contributed by atoms with Crippen molar-refractivity contribution >= 4 is 11.8 Å². The first kappa shape index (κ1) is 9.34. The average Bonchev–Trinajstić information content (AvgIpc) is 2.47. The van der Waals surface area contributed by atoms with Gasteiger partial charge in [0.05, 0.1) is 14.1 Å². The van der Waals surface area contributed by atoms with Crippen molar-refractivity contribution < 1.29 is 4.57 Å². The normalized spacial score (nSPS) is 10.4. The van der Waals surface area contributed by atoms with Gasteiger partial charge in [-0.2, -0.15) is 0 Å². The van der Waals surface area contributed by atoms with Crippen LogP contribution in [0.15, 0.2) is 52.8 Å². The van der Waals surface area contributed by atoms with E-state index in [1.807, 2.05) is 13.1 Å². The fourth-order valence-corrected chi connectivity index (χ4v) is 2.28. The van der Waals surface area contributed by atoms with Gasteiger partial charge in [0.25, 0.3) is 0 Å². The van der Waals surface area contributed by atoms with Gasteiger partial charge in [0.15, 0.2) is 0 Å². The smallest absolute Gasteiger partial charge is 0.238 e. The second kappa shape index (κ2) is 3.88. The van der Waals surface area contributed by atoms with Crippen molar-refractivity contribution in [3.63, 3.8) is 0 Å². The summed E-state index contributed by atoms with van der Waals surface area (Å²) in [7, 11) is 4.10. The number of nitrogens with zero attached hydrogens (tertiary/aromatic N) is 2. The standard InChI is InChI=1S/C11H13N2S/c1-12-8-11(13(2)9-12)14-10-6-4-3-5-7-10/h3-9H,1-2H3/q+1. The zero-order valence-electron chi connectivity index (χ0n) is 8.34. The first-order valence-corrected chi connectivity index (χ1v) is 5.32. The molecule has 0 aliphatic carbocycles. The van der Waals surface area contributed by atoms with Crippen molar-refractivity contribution in [2.75, 3.05) is 0 Å². The molecule has 14 heavy (non-hydrogen) atoms. The van der Waals surface area contributed by atoms with E-state index in [4.69, 9.17) is 0 Å². The molecule has 0 unspecified atom stereocenters. The Bertz CT molecular complexity index is 420. The molecule has 0 atom stereocenters. The predicted molar refractivity (Wildman–Crippen MR) is 57.2 cm³/mol. The molecular weight excluding hydrogens is 192 g/mol. The Morgan fingerprint density at radius 3 is 2.50 bits per heavy atom. The number of hydrogen-bond donors (Lipinski definition) is 0. The summed E-state index contributed by atoms with van der Waals surface area (Å²) in [6.45, 7) is 0. The lowest BCUT2D eigenvalue weighted by Gasteiger charge is -1.95. The van der Waals surface area contributed by atoms with Crippen LogP contribution in [0.1, 0.15) is 0 Å². The Balaban J connectivity index is 2.23. The topological polar surface area (TPSA) is 8.81 Å². The lowest BCUT2D eigenvalue weighted by molar-refractivity contribution is -0.671. The maximum absolute atomic E-state index is 2.12. The van der Waals surface area contributed by atoms with E-state index in [0.29, 0.717) is 0 Å². The third-order valence-electron chi connectivity index (χ3n) is 1.98. The molecule has 0 fully saturated rings. The first-order chi connectivity index (χ1) is 6.75. The summed E-state index contributed by atoms with van der Waals surface area (Å²) in [5, 5.41) is 1.25. The van der Waals surface area contributed by atoms with E-state index in [9.17, 15) is 0 Å². The maximum Gasteiger partial charge on any atom is 0.244 e. The van der Waals surface area contributed by atoms with Gasteiger partial charge >= 0.3 is 0 Å². The Kier molecular flexibility index (Phi) is 2.59. The monoisotopic (exact) mass is 205 g/mol. The molecule has 1 aromatic carbocycles. The van der Waals surface area contributed by atoms with E-state index in [1.54, 1.807) is 11.8 Å². The molecule has 0 aliphatic rings. The van der Waals surface area contributed by atoms with Crippen molar-refractivity contribution in [3.8, 4) is 0 Å². The minimum Gasteiger partial charge on any atom is -0.238 e. The first-order valence-electron chi connectivity index (χ1n) is 4.50. The van der Waals surface area contributed by atoms with E-state index < -0.39 is 0 Å². The molecule has 0 aliphatic heterocycles. The van der Waals surface area contributed by atoms with Gasteiger partial charge in [0.1, 0.15) is 6.20 Å². The zero-order chi connectivity index (χ0) is 9.97. The third-order valence-corrected chi connectivity index (χ3v) is 3.09. The molecule has 0 saturated carbocycles. The van der Waals surface area contributed by atoms with Crippen LogP contribution in [0.5, 0.6) is 0 Å². The molecule has 3 heteroatoms. The van der Waals surface area contributed by atoms with Gasteiger partial charge < -0.3 is 0 Å². The van der Waals surface area contributed by atoms with Crippen molar-refractivity contribution in [2.24, 2.45) is 14.1 Å². The molecule has 0 amide bonds. The fraction of sp³-hybridized carbons (Fsp3) is 0.182. The molecule has 0 N–H and O–H groups in total. The minimum absolute atomic E-state index is 1.25. The van der Waals surface area contributed by atoms with E-state index in [1.165, 1.54) is 9.92 Å². The molecule has 0 saturated heterocycles. The number of benzene rings is 1. The van der Waals surface area contributed by atoms with Gasteiger partial charge in [0.2, 0.25) is 11.4 Å². The minimum atomic E-state index is 1.25. The highest BCUT2D eigenvalue weighted by molar-refractivity contribution is 7.99. The molecule has 2 rings (SSSR count).